The first-order valence-electron chi connectivity index (χ1n) is 4.29. The minimum Gasteiger partial charge on any atom is -0.489 e. The predicted molar refractivity (Wildman–Crippen MR) is 57.9 cm³/mol. The average molecular weight is 213 g/mol. The highest BCUT2D eigenvalue weighted by molar-refractivity contribution is 6.30. The summed E-state index contributed by atoms with van der Waals surface area (Å²) in [6, 6.07) is 5.49. The molecule has 0 unspecified atom stereocenters. The van der Waals surface area contributed by atoms with Gasteiger partial charge in [0.25, 0.3) is 0 Å². The molecule has 0 aliphatic rings. The van der Waals surface area contributed by atoms with Gasteiger partial charge in [0.1, 0.15) is 12.4 Å². The van der Waals surface area contributed by atoms with Crippen LogP contribution in [0, 0.1) is 0 Å². The lowest BCUT2D eigenvalue weighted by Crippen LogP contribution is -1.98. The molecule has 0 bridgehead atoms. The topological polar surface area (TPSA) is 18.5 Å². The molecule has 1 rings (SSSR count). The third-order valence-electron chi connectivity index (χ3n) is 1.69. The molecule has 0 amide bonds. The fourth-order valence-electron chi connectivity index (χ4n) is 1.09. The van der Waals surface area contributed by atoms with Crippen molar-refractivity contribution in [2.75, 3.05) is 13.7 Å². The van der Waals surface area contributed by atoms with Crippen molar-refractivity contribution in [2.24, 2.45) is 0 Å². The lowest BCUT2D eigenvalue weighted by Gasteiger charge is -2.09. The number of rotatable bonds is 5. The summed E-state index contributed by atoms with van der Waals surface area (Å²) in [6.07, 6.45) is 1.69. The number of ether oxygens (including phenoxy) is 2. The van der Waals surface area contributed by atoms with E-state index in [-0.39, 0.29) is 0 Å². The van der Waals surface area contributed by atoms with Gasteiger partial charge in [0.2, 0.25) is 0 Å². The molecule has 76 valence electrons. The summed E-state index contributed by atoms with van der Waals surface area (Å²) in [5.74, 6) is 0.749. The third-order valence-corrected chi connectivity index (χ3v) is 1.92. The molecule has 0 atom stereocenters. The Balaban J connectivity index is 2.84. The maximum absolute atomic E-state index is 5.85. The van der Waals surface area contributed by atoms with Gasteiger partial charge in [-0.05, 0) is 12.1 Å². The molecule has 0 N–H and O–H groups in total. The van der Waals surface area contributed by atoms with Crippen LogP contribution in [0.25, 0.3) is 0 Å². The van der Waals surface area contributed by atoms with Crippen LogP contribution >= 0.6 is 11.6 Å². The maximum Gasteiger partial charge on any atom is 0.126 e. The normalized spacial score (nSPS) is 9.86. The summed E-state index contributed by atoms with van der Waals surface area (Å²) in [6.45, 7) is 4.57. The van der Waals surface area contributed by atoms with Gasteiger partial charge in [-0.15, -0.1) is 0 Å². The molecule has 0 aromatic heterocycles. The summed E-state index contributed by atoms with van der Waals surface area (Å²) >= 11 is 5.85. The Morgan fingerprint density at radius 2 is 2.29 bits per heavy atom. The molecule has 0 radical (unpaired) electrons. The van der Waals surface area contributed by atoms with Crippen molar-refractivity contribution in [1.29, 1.82) is 0 Å². The van der Waals surface area contributed by atoms with E-state index in [1.807, 2.05) is 12.1 Å². The lowest BCUT2D eigenvalue weighted by molar-refractivity contribution is 0.181. The second kappa shape index (κ2) is 5.68. The smallest absolute Gasteiger partial charge is 0.126 e. The number of hydrogen-bond acceptors (Lipinski definition) is 2. The molecule has 1 aromatic rings. The first kappa shape index (κ1) is 11.1. The number of methoxy groups -OCH3 is 1. The predicted octanol–water partition coefficient (Wildman–Crippen LogP) is 3.05. The molecule has 0 heterocycles. The van der Waals surface area contributed by atoms with E-state index in [2.05, 4.69) is 6.58 Å². The van der Waals surface area contributed by atoms with Crippen LogP contribution in [0.4, 0.5) is 0 Å². The quantitative estimate of drug-likeness (QED) is 0.699. The first-order chi connectivity index (χ1) is 6.77. The van der Waals surface area contributed by atoms with Gasteiger partial charge in [-0.2, -0.15) is 0 Å². The third kappa shape index (κ3) is 3.05. The van der Waals surface area contributed by atoms with Gasteiger partial charge in [-0.1, -0.05) is 30.3 Å². The fraction of sp³-hybridized carbons (Fsp3) is 0.273. The zero-order chi connectivity index (χ0) is 10.4. The van der Waals surface area contributed by atoms with Crippen molar-refractivity contribution >= 4 is 11.6 Å². The first-order valence-corrected chi connectivity index (χ1v) is 4.66. The summed E-state index contributed by atoms with van der Waals surface area (Å²) in [5.41, 5.74) is 0.985. The van der Waals surface area contributed by atoms with Gasteiger partial charge in [0.15, 0.2) is 0 Å². The van der Waals surface area contributed by atoms with Crippen molar-refractivity contribution in [2.45, 2.75) is 6.61 Å². The Bertz CT molecular complexity index is 310. The standard InChI is InChI=1S/C11H13ClO2/c1-3-6-14-11-7-10(12)5-4-9(11)8-13-2/h3-5,7H,1,6,8H2,2H3. The van der Waals surface area contributed by atoms with Gasteiger partial charge in [0.05, 0.1) is 6.61 Å². The van der Waals surface area contributed by atoms with Crippen LogP contribution < -0.4 is 4.74 Å². The Labute approximate surface area is 89.1 Å². The van der Waals surface area contributed by atoms with Crippen molar-refractivity contribution in [1.82, 2.24) is 0 Å². The molecule has 3 heteroatoms. The SMILES string of the molecule is C=CCOc1cc(Cl)ccc1COC. The summed E-state index contributed by atoms with van der Waals surface area (Å²) in [7, 11) is 1.64. The van der Waals surface area contributed by atoms with E-state index >= 15 is 0 Å². The van der Waals surface area contributed by atoms with Crippen molar-refractivity contribution < 1.29 is 9.47 Å². The minimum absolute atomic E-state index is 0.469. The molecule has 0 saturated heterocycles. The molecular weight excluding hydrogens is 200 g/mol. The van der Waals surface area contributed by atoms with Gasteiger partial charge in [-0.25, -0.2) is 0 Å². The zero-order valence-electron chi connectivity index (χ0n) is 8.13. The second-order valence-corrected chi connectivity index (χ2v) is 3.22. The molecule has 14 heavy (non-hydrogen) atoms. The molecule has 0 aliphatic heterocycles. The Morgan fingerprint density at radius 3 is 2.93 bits per heavy atom. The van der Waals surface area contributed by atoms with Crippen LogP contribution in [0.2, 0.25) is 5.02 Å². The number of halogens is 1. The highest BCUT2D eigenvalue weighted by Crippen LogP contribution is 2.23. The Morgan fingerprint density at radius 1 is 1.50 bits per heavy atom. The number of benzene rings is 1. The van der Waals surface area contributed by atoms with Gasteiger partial charge in [-0.3, -0.25) is 0 Å². The maximum atomic E-state index is 5.85. The van der Waals surface area contributed by atoms with E-state index in [9.17, 15) is 0 Å². The van der Waals surface area contributed by atoms with Crippen LogP contribution in [-0.2, 0) is 11.3 Å². The van der Waals surface area contributed by atoms with E-state index in [0.717, 1.165) is 11.3 Å². The van der Waals surface area contributed by atoms with Crippen LogP contribution in [0.3, 0.4) is 0 Å². The zero-order valence-corrected chi connectivity index (χ0v) is 8.88. The molecule has 2 nitrogen and oxygen atoms in total. The summed E-state index contributed by atoms with van der Waals surface area (Å²) in [5, 5.41) is 0.656. The van der Waals surface area contributed by atoms with Crippen molar-refractivity contribution in [3.63, 3.8) is 0 Å². The molecule has 0 fully saturated rings. The minimum atomic E-state index is 0.469. The van der Waals surface area contributed by atoms with E-state index in [0.29, 0.717) is 18.2 Å². The lowest BCUT2D eigenvalue weighted by atomic mass is 10.2. The van der Waals surface area contributed by atoms with E-state index in [1.54, 1.807) is 19.3 Å². The highest BCUT2D eigenvalue weighted by Gasteiger charge is 2.03. The summed E-state index contributed by atoms with van der Waals surface area (Å²) < 4.78 is 10.5. The van der Waals surface area contributed by atoms with Crippen LogP contribution in [0.1, 0.15) is 5.56 Å². The van der Waals surface area contributed by atoms with E-state index in [4.69, 9.17) is 21.1 Å². The van der Waals surface area contributed by atoms with Crippen molar-refractivity contribution in [3.8, 4) is 5.75 Å². The fourth-order valence-corrected chi connectivity index (χ4v) is 1.25. The highest BCUT2D eigenvalue weighted by atomic mass is 35.5. The van der Waals surface area contributed by atoms with Crippen LogP contribution in [-0.4, -0.2) is 13.7 Å². The molecule has 0 spiro atoms. The van der Waals surface area contributed by atoms with Gasteiger partial charge >= 0.3 is 0 Å². The summed E-state index contributed by atoms with van der Waals surface area (Å²) in [4.78, 5) is 0. The monoisotopic (exact) mass is 212 g/mol. The molecule has 0 aliphatic carbocycles. The molecular formula is C11H13ClO2. The van der Waals surface area contributed by atoms with Crippen LogP contribution in [0.5, 0.6) is 5.75 Å². The van der Waals surface area contributed by atoms with E-state index < -0.39 is 0 Å². The van der Waals surface area contributed by atoms with E-state index in [1.165, 1.54) is 0 Å². The number of hydrogen-bond donors (Lipinski definition) is 0. The van der Waals surface area contributed by atoms with Crippen LogP contribution in [0.15, 0.2) is 30.9 Å². The van der Waals surface area contributed by atoms with Gasteiger partial charge in [0, 0.05) is 17.7 Å². The Kier molecular flexibility index (Phi) is 4.50. The molecule has 0 saturated carbocycles. The Hall–Kier alpha value is -0.990. The van der Waals surface area contributed by atoms with Gasteiger partial charge < -0.3 is 9.47 Å². The largest absolute Gasteiger partial charge is 0.489 e. The van der Waals surface area contributed by atoms with Crippen molar-refractivity contribution in [3.05, 3.63) is 41.4 Å². The molecule has 1 aromatic carbocycles. The average Bonchev–Trinajstić information content (AvgIpc) is 2.18. The second-order valence-electron chi connectivity index (χ2n) is 2.78.